The molecule has 0 saturated heterocycles. The number of aromatic nitrogens is 1. The summed E-state index contributed by atoms with van der Waals surface area (Å²) in [5.74, 6) is -1.53. The van der Waals surface area contributed by atoms with E-state index >= 15 is 0 Å². The Morgan fingerprint density at radius 2 is 1.93 bits per heavy atom. The van der Waals surface area contributed by atoms with Crippen molar-refractivity contribution >= 4 is 16.7 Å². The Bertz CT molecular complexity index is 820. The van der Waals surface area contributed by atoms with Crippen LogP contribution >= 0.6 is 0 Å². The number of halogens is 3. The van der Waals surface area contributed by atoms with Crippen molar-refractivity contribution in [2.45, 2.75) is 31.0 Å². The number of benzene rings is 1. The maximum Gasteiger partial charge on any atom is 0.452 e. The van der Waals surface area contributed by atoms with E-state index in [1.54, 1.807) is 0 Å². The number of methoxy groups -OCH3 is 1. The minimum absolute atomic E-state index is 0.00420. The average molecular weight is 404 g/mol. The molecule has 0 spiro atoms. The lowest BCUT2D eigenvalue weighted by Gasteiger charge is -2.31. The van der Waals surface area contributed by atoms with Gasteiger partial charge in [-0.05, 0) is 6.42 Å². The molecule has 10 heteroatoms. The summed E-state index contributed by atoms with van der Waals surface area (Å²) < 4.78 is 59.9. The Kier molecular flexibility index (Phi) is 6.42. The predicted octanol–water partition coefficient (Wildman–Crippen LogP) is 3.41. The van der Waals surface area contributed by atoms with Crippen molar-refractivity contribution in [1.82, 2.24) is 10.5 Å². The molecule has 2 rings (SSSR count). The standard InChI is InChI=1S/C17H19F3N2O4S/c1-4-5-15(23)21-17(25-2,27(3)24)12-8-6-11(7-9-12)13-10-14(26-22-13)16(18,19)20/h6-10H,4-5H2,1-3H3,(H,21,23). The first-order chi connectivity index (χ1) is 12.6. The molecule has 1 N–H and O–H groups in total. The molecule has 0 bridgehead atoms. The first-order valence-electron chi connectivity index (χ1n) is 7.98. The van der Waals surface area contributed by atoms with Gasteiger partial charge in [-0.15, -0.1) is 0 Å². The average Bonchev–Trinajstić information content (AvgIpc) is 3.10. The molecule has 1 amide bonds. The molecule has 1 aromatic heterocycles. The van der Waals surface area contributed by atoms with Crippen molar-refractivity contribution in [3.8, 4) is 11.3 Å². The van der Waals surface area contributed by atoms with Gasteiger partial charge in [0, 0.05) is 37.0 Å². The zero-order valence-corrected chi connectivity index (χ0v) is 15.7. The van der Waals surface area contributed by atoms with Crippen molar-refractivity contribution in [2.24, 2.45) is 0 Å². The number of rotatable bonds is 7. The Hall–Kier alpha value is -2.20. The zero-order chi connectivity index (χ0) is 20.2. The molecule has 0 aliphatic carbocycles. The van der Waals surface area contributed by atoms with Crippen LogP contribution in [0, 0.1) is 0 Å². The monoisotopic (exact) mass is 404 g/mol. The number of hydrogen-bond acceptors (Lipinski definition) is 5. The van der Waals surface area contributed by atoms with Crippen molar-refractivity contribution in [2.75, 3.05) is 13.4 Å². The molecule has 0 fully saturated rings. The summed E-state index contributed by atoms with van der Waals surface area (Å²) >= 11 is 0. The van der Waals surface area contributed by atoms with Crippen LogP contribution in [0.2, 0.25) is 0 Å². The number of nitrogens with one attached hydrogen (secondary N) is 1. The second kappa shape index (κ2) is 8.22. The van der Waals surface area contributed by atoms with E-state index in [4.69, 9.17) is 4.74 Å². The Morgan fingerprint density at radius 3 is 2.37 bits per heavy atom. The molecule has 1 aromatic carbocycles. The van der Waals surface area contributed by atoms with E-state index in [0.717, 1.165) is 6.07 Å². The summed E-state index contributed by atoms with van der Waals surface area (Å²) in [6.45, 7) is 1.83. The highest BCUT2D eigenvalue weighted by Crippen LogP contribution is 2.33. The molecule has 0 aliphatic heterocycles. The minimum atomic E-state index is -4.63. The van der Waals surface area contributed by atoms with Crippen LogP contribution < -0.4 is 5.32 Å². The third kappa shape index (κ3) is 4.56. The number of ether oxygens (including phenoxy) is 1. The van der Waals surface area contributed by atoms with Gasteiger partial charge in [0.05, 0.1) is 10.8 Å². The molecule has 6 nitrogen and oxygen atoms in total. The fraction of sp³-hybridized carbons (Fsp3) is 0.412. The lowest BCUT2D eigenvalue weighted by Crippen LogP contribution is -2.50. The number of carbonyl (C=O) groups is 1. The van der Waals surface area contributed by atoms with Crippen molar-refractivity contribution in [3.05, 3.63) is 41.7 Å². The lowest BCUT2D eigenvalue weighted by atomic mass is 10.1. The quantitative estimate of drug-likeness (QED) is 0.716. The maximum atomic E-state index is 12.6. The molecule has 1 heterocycles. The number of hydrogen-bond donors (Lipinski definition) is 1. The number of nitrogens with zero attached hydrogens (tertiary/aromatic N) is 1. The van der Waals surface area contributed by atoms with Crippen molar-refractivity contribution < 1.29 is 31.4 Å². The molecule has 148 valence electrons. The summed E-state index contributed by atoms with van der Waals surface area (Å²) in [5, 5.41) is 4.49. The molecular formula is C17H19F3N2O4S. The Morgan fingerprint density at radius 1 is 1.30 bits per heavy atom. The van der Waals surface area contributed by atoms with Crippen LogP contribution in [0.5, 0.6) is 0 Å². The van der Waals surface area contributed by atoms with Crippen LogP contribution in [0.15, 0.2) is 34.9 Å². The number of alkyl halides is 3. The van der Waals surface area contributed by atoms with Gasteiger partial charge in [0.2, 0.25) is 16.7 Å². The highest BCUT2D eigenvalue weighted by molar-refractivity contribution is 7.85. The second-order valence-electron chi connectivity index (χ2n) is 5.72. The van der Waals surface area contributed by atoms with Gasteiger partial charge in [-0.2, -0.15) is 13.2 Å². The summed E-state index contributed by atoms with van der Waals surface area (Å²) in [7, 11) is -0.319. The van der Waals surface area contributed by atoms with Crippen LogP contribution in [0.4, 0.5) is 13.2 Å². The van der Waals surface area contributed by atoms with Gasteiger partial charge in [0.25, 0.3) is 0 Å². The van der Waals surface area contributed by atoms with E-state index in [1.165, 1.54) is 37.6 Å². The third-order valence-electron chi connectivity index (χ3n) is 3.82. The first-order valence-corrected chi connectivity index (χ1v) is 9.54. The van der Waals surface area contributed by atoms with Crippen LogP contribution in [-0.4, -0.2) is 28.6 Å². The molecule has 27 heavy (non-hydrogen) atoms. The molecule has 2 unspecified atom stereocenters. The van der Waals surface area contributed by atoms with Crippen molar-refractivity contribution in [3.63, 3.8) is 0 Å². The minimum Gasteiger partial charge on any atom is -0.351 e. The Balaban J connectivity index is 2.36. The van der Waals surface area contributed by atoms with Gasteiger partial charge in [0.1, 0.15) is 5.69 Å². The van der Waals surface area contributed by atoms with Gasteiger partial charge < -0.3 is 14.6 Å². The fourth-order valence-corrected chi connectivity index (χ4v) is 3.43. The predicted molar refractivity (Wildman–Crippen MR) is 92.7 cm³/mol. The molecule has 0 aliphatic rings. The first kappa shape index (κ1) is 21.1. The van der Waals surface area contributed by atoms with E-state index in [9.17, 15) is 22.2 Å². The molecule has 0 radical (unpaired) electrons. The third-order valence-corrected chi connectivity index (χ3v) is 5.14. The van der Waals surface area contributed by atoms with Crippen LogP contribution in [0.25, 0.3) is 11.3 Å². The zero-order valence-electron chi connectivity index (χ0n) is 14.9. The topological polar surface area (TPSA) is 81.4 Å². The van der Waals surface area contributed by atoms with E-state index in [1.807, 2.05) is 6.92 Å². The highest BCUT2D eigenvalue weighted by Gasteiger charge is 2.39. The normalized spacial score (nSPS) is 15.2. The molecule has 0 saturated carbocycles. The summed E-state index contributed by atoms with van der Waals surface area (Å²) in [5.41, 5.74) is 0.757. The van der Waals surface area contributed by atoms with Crippen molar-refractivity contribution in [1.29, 1.82) is 0 Å². The van der Waals surface area contributed by atoms with Crippen LogP contribution in [0.1, 0.15) is 31.1 Å². The molecule has 2 atom stereocenters. The van der Waals surface area contributed by atoms with Gasteiger partial charge in [-0.25, -0.2) is 0 Å². The van der Waals surface area contributed by atoms with E-state index in [2.05, 4.69) is 15.0 Å². The van der Waals surface area contributed by atoms with E-state index in [0.29, 0.717) is 17.5 Å². The lowest BCUT2D eigenvalue weighted by molar-refractivity contribution is -0.155. The van der Waals surface area contributed by atoms with Gasteiger partial charge in [-0.1, -0.05) is 36.3 Å². The maximum absolute atomic E-state index is 12.6. The second-order valence-corrected chi connectivity index (χ2v) is 7.21. The Labute approximate surface area is 156 Å². The fourth-order valence-electron chi connectivity index (χ4n) is 2.47. The van der Waals surface area contributed by atoms with Gasteiger partial charge in [0.15, 0.2) is 0 Å². The van der Waals surface area contributed by atoms with E-state index in [-0.39, 0.29) is 18.0 Å². The molecule has 2 aromatic rings. The largest absolute Gasteiger partial charge is 0.452 e. The smallest absolute Gasteiger partial charge is 0.351 e. The molecular weight excluding hydrogens is 385 g/mol. The van der Waals surface area contributed by atoms with Gasteiger partial charge >= 0.3 is 6.18 Å². The van der Waals surface area contributed by atoms with E-state index < -0.39 is 27.8 Å². The summed E-state index contributed by atoms with van der Waals surface area (Å²) in [4.78, 5) is 12.0. The summed E-state index contributed by atoms with van der Waals surface area (Å²) in [6.07, 6.45) is -2.40. The van der Waals surface area contributed by atoms with Crippen LogP contribution in [0.3, 0.4) is 0 Å². The highest BCUT2D eigenvalue weighted by atomic mass is 32.2. The van der Waals surface area contributed by atoms with Crippen LogP contribution in [-0.2, 0) is 31.6 Å². The SMILES string of the molecule is CCCC(=O)NC(OC)(c1ccc(-c2cc(C(F)(F)F)on2)cc1)S(C)=O. The number of carbonyl (C=O) groups excluding carboxylic acids is 1. The number of amides is 1. The van der Waals surface area contributed by atoms with Gasteiger partial charge in [-0.3, -0.25) is 9.00 Å². The summed E-state index contributed by atoms with van der Waals surface area (Å²) in [6, 6.07) is 6.78.